The molecule has 1 aliphatic heterocycles. The highest BCUT2D eigenvalue weighted by Crippen LogP contribution is 2.18. The zero-order valence-electron chi connectivity index (χ0n) is 17.5. The van der Waals surface area contributed by atoms with Crippen LogP contribution < -0.4 is 5.32 Å². The van der Waals surface area contributed by atoms with Crippen LogP contribution in [0.3, 0.4) is 0 Å². The standard InChI is InChI=1S/C24H27N5O2/c30-23-10-9-20(18-28(23)15-12-21-6-4-5-13-25-21)24(31)26-14-11-19-16-27-29(17-19)22-7-2-1-3-8-22/h1-8,13,16-17,20H,9-12,14-15,18H2,(H,26,31)/t20-/m0/s1. The van der Waals surface area contributed by atoms with Crippen molar-refractivity contribution in [2.45, 2.75) is 25.7 Å². The van der Waals surface area contributed by atoms with Gasteiger partial charge in [0.05, 0.1) is 17.8 Å². The van der Waals surface area contributed by atoms with Gasteiger partial charge in [-0.1, -0.05) is 24.3 Å². The summed E-state index contributed by atoms with van der Waals surface area (Å²) in [5.74, 6) is -0.0208. The predicted molar refractivity (Wildman–Crippen MR) is 118 cm³/mol. The average Bonchev–Trinajstić information content (AvgIpc) is 3.29. The van der Waals surface area contributed by atoms with Crippen LogP contribution in [0.4, 0.5) is 0 Å². The fourth-order valence-corrected chi connectivity index (χ4v) is 3.83. The third-order valence-electron chi connectivity index (χ3n) is 5.60. The molecule has 0 spiro atoms. The second kappa shape index (κ2) is 10.0. The molecule has 0 radical (unpaired) electrons. The third kappa shape index (κ3) is 5.57. The van der Waals surface area contributed by atoms with Crippen molar-refractivity contribution < 1.29 is 9.59 Å². The van der Waals surface area contributed by atoms with Gasteiger partial charge in [0, 0.05) is 50.6 Å². The summed E-state index contributed by atoms with van der Waals surface area (Å²) in [4.78, 5) is 31.0. The van der Waals surface area contributed by atoms with Gasteiger partial charge in [0.25, 0.3) is 0 Å². The lowest BCUT2D eigenvalue weighted by molar-refractivity contribution is -0.138. The van der Waals surface area contributed by atoms with Gasteiger partial charge in [0.1, 0.15) is 0 Å². The molecule has 1 N–H and O–H groups in total. The number of nitrogens with one attached hydrogen (secondary N) is 1. The Kier molecular flexibility index (Phi) is 6.72. The number of benzene rings is 1. The maximum Gasteiger partial charge on any atom is 0.224 e. The van der Waals surface area contributed by atoms with Gasteiger partial charge >= 0.3 is 0 Å². The fraction of sp³-hybridized carbons (Fsp3) is 0.333. The molecule has 1 atom stereocenters. The summed E-state index contributed by atoms with van der Waals surface area (Å²) in [5.41, 5.74) is 3.04. The van der Waals surface area contributed by atoms with Crippen molar-refractivity contribution in [2.24, 2.45) is 5.92 Å². The quantitative estimate of drug-likeness (QED) is 0.610. The number of hydrogen-bond donors (Lipinski definition) is 1. The molecule has 2 aromatic heterocycles. The lowest BCUT2D eigenvalue weighted by Crippen LogP contribution is -2.46. The zero-order valence-corrected chi connectivity index (χ0v) is 17.5. The first kappa shape index (κ1) is 20.8. The average molecular weight is 418 g/mol. The van der Waals surface area contributed by atoms with E-state index in [0.29, 0.717) is 45.3 Å². The Labute approximate surface area is 182 Å². The maximum absolute atomic E-state index is 12.7. The summed E-state index contributed by atoms with van der Waals surface area (Å²) in [6.07, 6.45) is 8.02. The summed E-state index contributed by atoms with van der Waals surface area (Å²) in [6, 6.07) is 15.7. The van der Waals surface area contributed by atoms with Crippen LogP contribution in [0.2, 0.25) is 0 Å². The van der Waals surface area contributed by atoms with Crippen LogP contribution in [-0.2, 0) is 22.4 Å². The molecule has 0 unspecified atom stereocenters. The van der Waals surface area contributed by atoms with E-state index < -0.39 is 0 Å². The van der Waals surface area contributed by atoms with Gasteiger partial charge in [-0.15, -0.1) is 0 Å². The first-order chi connectivity index (χ1) is 15.2. The molecule has 7 nitrogen and oxygen atoms in total. The summed E-state index contributed by atoms with van der Waals surface area (Å²) in [7, 11) is 0. The number of amides is 2. The molecular weight excluding hydrogens is 390 g/mol. The van der Waals surface area contributed by atoms with Crippen molar-refractivity contribution in [1.82, 2.24) is 25.0 Å². The van der Waals surface area contributed by atoms with E-state index in [1.165, 1.54) is 0 Å². The van der Waals surface area contributed by atoms with Gasteiger partial charge in [0.15, 0.2) is 0 Å². The van der Waals surface area contributed by atoms with Gasteiger partial charge in [-0.3, -0.25) is 14.6 Å². The first-order valence-corrected chi connectivity index (χ1v) is 10.7. The minimum Gasteiger partial charge on any atom is -0.355 e. The van der Waals surface area contributed by atoms with E-state index in [2.05, 4.69) is 15.4 Å². The summed E-state index contributed by atoms with van der Waals surface area (Å²) >= 11 is 0. The van der Waals surface area contributed by atoms with E-state index >= 15 is 0 Å². The molecule has 0 bridgehead atoms. The van der Waals surface area contributed by atoms with Crippen molar-refractivity contribution in [3.8, 4) is 5.69 Å². The molecule has 1 fully saturated rings. The zero-order chi connectivity index (χ0) is 21.5. The topological polar surface area (TPSA) is 80.1 Å². The third-order valence-corrected chi connectivity index (χ3v) is 5.60. The highest BCUT2D eigenvalue weighted by atomic mass is 16.2. The molecule has 160 valence electrons. The first-order valence-electron chi connectivity index (χ1n) is 10.7. The number of nitrogens with zero attached hydrogens (tertiary/aromatic N) is 4. The summed E-state index contributed by atoms with van der Waals surface area (Å²) < 4.78 is 1.84. The van der Waals surface area contributed by atoms with E-state index in [4.69, 9.17) is 0 Å². The summed E-state index contributed by atoms with van der Waals surface area (Å²) in [5, 5.41) is 7.43. The van der Waals surface area contributed by atoms with Crippen molar-refractivity contribution in [1.29, 1.82) is 0 Å². The van der Waals surface area contributed by atoms with Crippen molar-refractivity contribution >= 4 is 11.8 Å². The molecule has 0 aliphatic carbocycles. The highest BCUT2D eigenvalue weighted by molar-refractivity contribution is 5.83. The molecule has 3 heterocycles. The second-order valence-electron chi connectivity index (χ2n) is 7.82. The van der Waals surface area contributed by atoms with Crippen LogP contribution in [0.25, 0.3) is 5.69 Å². The number of hydrogen-bond acceptors (Lipinski definition) is 4. The Bertz CT molecular complexity index is 1000. The van der Waals surface area contributed by atoms with Crippen LogP contribution in [-0.4, -0.2) is 51.1 Å². The largest absolute Gasteiger partial charge is 0.355 e. The Morgan fingerprint density at radius 1 is 1.10 bits per heavy atom. The molecule has 7 heteroatoms. The Morgan fingerprint density at radius 2 is 1.94 bits per heavy atom. The number of likely N-dealkylation sites (tertiary alicyclic amines) is 1. The van der Waals surface area contributed by atoms with Crippen LogP contribution >= 0.6 is 0 Å². The Hall–Kier alpha value is -3.48. The lowest BCUT2D eigenvalue weighted by Gasteiger charge is -2.32. The fourth-order valence-electron chi connectivity index (χ4n) is 3.83. The van der Waals surface area contributed by atoms with Crippen LogP contribution in [0, 0.1) is 5.92 Å². The monoisotopic (exact) mass is 417 g/mol. The number of rotatable bonds is 8. The minimum absolute atomic E-state index is 0.0192. The molecule has 0 saturated carbocycles. The Morgan fingerprint density at radius 3 is 2.74 bits per heavy atom. The number of carbonyl (C=O) groups is 2. The van der Waals surface area contributed by atoms with Crippen LogP contribution in [0.1, 0.15) is 24.1 Å². The van der Waals surface area contributed by atoms with Crippen LogP contribution in [0.15, 0.2) is 67.1 Å². The number of para-hydroxylation sites is 1. The summed E-state index contributed by atoms with van der Waals surface area (Å²) in [6.45, 7) is 1.62. The molecular formula is C24H27N5O2. The number of piperidine rings is 1. The van der Waals surface area contributed by atoms with Crippen LogP contribution in [0.5, 0.6) is 0 Å². The van der Waals surface area contributed by atoms with Crippen molar-refractivity contribution in [3.05, 3.63) is 78.4 Å². The smallest absolute Gasteiger partial charge is 0.224 e. The molecule has 1 aromatic carbocycles. The second-order valence-corrected chi connectivity index (χ2v) is 7.82. The van der Waals surface area contributed by atoms with Crippen molar-refractivity contribution in [3.63, 3.8) is 0 Å². The molecule has 3 aromatic rings. The number of aromatic nitrogens is 3. The molecule has 1 saturated heterocycles. The van der Waals surface area contributed by atoms with Crippen molar-refractivity contribution in [2.75, 3.05) is 19.6 Å². The van der Waals surface area contributed by atoms with Gasteiger partial charge in [-0.25, -0.2) is 4.68 Å². The van der Waals surface area contributed by atoms with Gasteiger partial charge in [-0.05, 0) is 42.7 Å². The normalized spacial score (nSPS) is 16.3. The SMILES string of the molecule is O=C(NCCc1cnn(-c2ccccc2)c1)[C@H]1CCC(=O)N(CCc2ccccn2)C1. The van der Waals surface area contributed by atoms with Gasteiger partial charge in [-0.2, -0.15) is 5.10 Å². The van der Waals surface area contributed by atoms with E-state index in [1.807, 2.05) is 65.6 Å². The van der Waals surface area contributed by atoms with E-state index in [0.717, 1.165) is 16.9 Å². The molecule has 31 heavy (non-hydrogen) atoms. The maximum atomic E-state index is 12.7. The Balaban J connectivity index is 1.24. The molecule has 4 rings (SSSR count). The van der Waals surface area contributed by atoms with Gasteiger partial charge < -0.3 is 10.2 Å². The number of carbonyl (C=O) groups excluding carboxylic acids is 2. The van der Waals surface area contributed by atoms with E-state index in [-0.39, 0.29) is 17.7 Å². The van der Waals surface area contributed by atoms with E-state index in [1.54, 1.807) is 11.1 Å². The highest BCUT2D eigenvalue weighted by Gasteiger charge is 2.29. The number of pyridine rings is 1. The molecule has 1 aliphatic rings. The van der Waals surface area contributed by atoms with E-state index in [9.17, 15) is 9.59 Å². The lowest BCUT2D eigenvalue weighted by atomic mass is 9.96. The predicted octanol–water partition coefficient (Wildman–Crippen LogP) is 2.41. The molecule has 2 amide bonds. The van der Waals surface area contributed by atoms with Gasteiger partial charge in [0.2, 0.25) is 11.8 Å². The minimum atomic E-state index is -0.159.